The highest BCUT2D eigenvalue weighted by Gasteiger charge is 2.78. The first kappa shape index (κ1) is 38.2. The van der Waals surface area contributed by atoms with E-state index in [1.165, 1.54) is 0 Å². The highest BCUT2D eigenvalue weighted by Crippen LogP contribution is 2.61. The number of carbonyl (C=O) groups excluding carboxylic acids is 4. The summed E-state index contributed by atoms with van der Waals surface area (Å²) in [5.74, 6) is -3.47. The van der Waals surface area contributed by atoms with Gasteiger partial charge in [-0.2, -0.15) is 0 Å². The molecule has 1 spiro atoms. The lowest BCUT2D eigenvalue weighted by molar-refractivity contribution is -0.165. The van der Waals surface area contributed by atoms with Crippen LogP contribution >= 0.6 is 15.9 Å². The number of alkyl halides is 1. The second kappa shape index (κ2) is 16.1. The minimum absolute atomic E-state index is 0.00621. The molecular weight excluding hydrogens is 702 g/mol. The van der Waals surface area contributed by atoms with E-state index in [0.29, 0.717) is 24.9 Å². The molecule has 0 radical (unpaired) electrons. The number of rotatable bonds is 15. The first-order valence-corrected chi connectivity index (χ1v) is 19.1. The molecule has 5 rings (SSSR count). The highest BCUT2D eigenvalue weighted by atomic mass is 79.9. The predicted octanol–water partition coefficient (Wildman–Crippen LogP) is 5.20. The minimum atomic E-state index is -1.29. The Morgan fingerprint density at radius 1 is 1.12 bits per heavy atom. The Morgan fingerprint density at radius 2 is 1.80 bits per heavy atom. The molecule has 3 aliphatic heterocycles. The SMILES string of the molecule is C=CCCC(=O)N(C)[C@@H](C)[C@@H](OC(=O)[C@@H]1[C@H]2O[C@@]3(CC2Br)[C@H](C(=O)N(CC=C)C2CCCCC2)N([C@@H](CO)C(C)C)C(=O)[C@@H]13)c1ccccc1. The van der Waals surface area contributed by atoms with Crippen molar-refractivity contribution in [2.45, 2.75) is 119 Å². The maximum absolute atomic E-state index is 15.0. The molecule has 11 heteroatoms. The van der Waals surface area contributed by atoms with Crippen LogP contribution in [-0.2, 0) is 28.7 Å². The van der Waals surface area contributed by atoms with Gasteiger partial charge in [-0.05, 0) is 44.1 Å². The molecule has 1 aromatic rings. The van der Waals surface area contributed by atoms with E-state index in [9.17, 15) is 24.3 Å². The van der Waals surface area contributed by atoms with Crippen LogP contribution in [0.25, 0.3) is 0 Å². The van der Waals surface area contributed by atoms with Crippen LogP contribution in [-0.4, -0.2) is 104 Å². The van der Waals surface area contributed by atoms with Crippen LogP contribution in [0.1, 0.15) is 83.8 Å². The van der Waals surface area contributed by atoms with E-state index in [1.807, 2.05) is 56.0 Å². The number of hydrogen-bond donors (Lipinski definition) is 1. The summed E-state index contributed by atoms with van der Waals surface area (Å²) in [6.45, 7) is 13.3. The molecule has 3 amide bonds. The molecule has 0 aromatic heterocycles. The van der Waals surface area contributed by atoms with E-state index in [0.717, 1.165) is 32.1 Å². The zero-order valence-corrected chi connectivity index (χ0v) is 31.5. The maximum atomic E-state index is 15.0. The van der Waals surface area contributed by atoms with Crippen molar-refractivity contribution in [3.05, 3.63) is 61.2 Å². The zero-order chi connectivity index (χ0) is 36.3. The van der Waals surface area contributed by atoms with Crippen LogP contribution in [0, 0.1) is 17.8 Å². The van der Waals surface area contributed by atoms with Gasteiger partial charge in [0.2, 0.25) is 17.7 Å². The number of ether oxygens (including phenoxy) is 2. The summed E-state index contributed by atoms with van der Waals surface area (Å²) in [5, 5.41) is 10.7. The number of esters is 1. The molecule has 1 N–H and O–H groups in total. The van der Waals surface area contributed by atoms with Gasteiger partial charge in [-0.25, -0.2) is 0 Å². The van der Waals surface area contributed by atoms with E-state index in [4.69, 9.17) is 9.47 Å². The molecule has 1 saturated carbocycles. The molecule has 1 aromatic carbocycles. The van der Waals surface area contributed by atoms with Gasteiger partial charge in [0.15, 0.2) is 0 Å². The Kier molecular flexibility index (Phi) is 12.3. The number of hydrogen-bond acceptors (Lipinski definition) is 7. The number of benzene rings is 1. The molecule has 50 heavy (non-hydrogen) atoms. The van der Waals surface area contributed by atoms with Crippen molar-refractivity contribution in [3.63, 3.8) is 0 Å². The predicted molar refractivity (Wildman–Crippen MR) is 194 cm³/mol. The van der Waals surface area contributed by atoms with Crippen LogP contribution in [0.5, 0.6) is 0 Å². The van der Waals surface area contributed by atoms with Gasteiger partial charge in [0, 0.05) is 30.9 Å². The lowest BCUT2D eigenvalue weighted by atomic mass is 9.70. The third kappa shape index (κ3) is 6.94. The molecule has 2 bridgehead atoms. The van der Waals surface area contributed by atoms with Gasteiger partial charge < -0.3 is 29.3 Å². The number of halogens is 1. The normalized spacial score (nSPS) is 29.3. The Hall–Kier alpha value is -3.02. The summed E-state index contributed by atoms with van der Waals surface area (Å²) in [6.07, 6.45) is 7.93. The average Bonchev–Trinajstić information content (AvgIpc) is 3.71. The van der Waals surface area contributed by atoms with Crippen molar-refractivity contribution in [2.75, 3.05) is 20.2 Å². The number of nitrogens with zero attached hydrogens (tertiary/aromatic N) is 3. The topological polar surface area (TPSA) is 117 Å². The number of aliphatic hydroxyl groups is 1. The van der Waals surface area contributed by atoms with Crippen LogP contribution in [0.4, 0.5) is 0 Å². The van der Waals surface area contributed by atoms with Gasteiger partial charge in [-0.3, -0.25) is 19.2 Å². The molecular formula is C39H54BrN3O7. The van der Waals surface area contributed by atoms with Crippen LogP contribution in [0.3, 0.4) is 0 Å². The smallest absolute Gasteiger partial charge is 0.313 e. The molecule has 3 saturated heterocycles. The molecule has 274 valence electrons. The molecule has 4 fully saturated rings. The monoisotopic (exact) mass is 755 g/mol. The number of amides is 3. The van der Waals surface area contributed by atoms with Crippen molar-refractivity contribution < 1.29 is 33.8 Å². The number of allylic oxidation sites excluding steroid dienone is 1. The first-order valence-electron chi connectivity index (χ1n) is 18.2. The highest BCUT2D eigenvalue weighted by molar-refractivity contribution is 9.09. The minimum Gasteiger partial charge on any atom is -0.455 e. The molecule has 1 aliphatic carbocycles. The molecule has 4 aliphatic rings. The molecule has 10 nitrogen and oxygen atoms in total. The van der Waals surface area contributed by atoms with Crippen LogP contribution in [0.2, 0.25) is 0 Å². The quantitative estimate of drug-likeness (QED) is 0.149. The van der Waals surface area contributed by atoms with E-state index in [1.54, 1.807) is 29.0 Å². The first-order chi connectivity index (χ1) is 23.9. The second-order valence-electron chi connectivity index (χ2n) is 14.8. The average molecular weight is 757 g/mol. The Balaban J connectivity index is 1.53. The maximum Gasteiger partial charge on any atom is 0.313 e. The number of likely N-dealkylation sites (N-methyl/N-ethyl adjacent to an activating group) is 1. The number of fused-ring (bicyclic) bond motifs is 1. The fourth-order valence-electron chi connectivity index (χ4n) is 8.82. The van der Waals surface area contributed by atoms with Gasteiger partial charge in [-0.1, -0.05) is 91.5 Å². The summed E-state index contributed by atoms with van der Waals surface area (Å²) < 4.78 is 13.2. The van der Waals surface area contributed by atoms with E-state index < -0.39 is 53.7 Å². The van der Waals surface area contributed by atoms with Crippen molar-refractivity contribution in [2.24, 2.45) is 17.8 Å². The Morgan fingerprint density at radius 3 is 2.40 bits per heavy atom. The summed E-state index contributed by atoms with van der Waals surface area (Å²) >= 11 is 3.77. The van der Waals surface area contributed by atoms with Gasteiger partial charge in [0.25, 0.3) is 0 Å². The standard InChI is InChI=1S/C39H54BrN3O7/c1-7-9-20-30(45)41(6)25(5)33(26-16-12-10-13-17-26)49-38(48)31-32-36(46)43(29(23-44)24(3)4)35(39(32)22-28(40)34(31)50-39)37(47)42(21-8-2)27-18-14-11-15-19-27/h7-8,10,12-13,16-17,24-25,27-29,31-35,44H,1-2,9,11,14-15,18-23H2,3-6H3/t25-,28?,29-,31-,32+,33+,34-,35-,39+/m0/s1. The van der Waals surface area contributed by atoms with E-state index >= 15 is 0 Å². The third-order valence-electron chi connectivity index (χ3n) is 11.5. The number of carbonyl (C=O) groups is 4. The van der Waals surface area contributed by atoms with E-state index in [-0.39, 0.29) is 47.5 Å². The summed E-state index contributed by atoms with van der Waals surface area (Å²) in [6, 6.07) is 7.07. The Bertz CT molecular complexity index is 1420. The van der Waals surface area contributed by atoms with Gasteiger partial charge >= 0.3 is 5.97 Å². The lowest BCUT2D eigenvalue weighted by Crippen LogP contribution is -2.61. The van der Waals surface area contributed by atoms with Gasteiger partial charge in [0.1, 0.15) is 17.7 Å². The zero-order valence-electron chi connectivity index (χ0n) is 29.9. The van der Waals surface area contributed by atoms with Crippen molar-refractivity contribution in [1.82, 2.24) is 14.7 Å². The summed E-state index contributed by atoms with van der Waals surface area (Å²) in [7, 11) is 1.70. The molecule has 1 unspecified atom stereocenters. The molecule has 9 atom stereocenters. The van der Waals surface area contributed by atoms with Gasteiger partial charge in [0.05, 0.1) is 36.6 Å². The van der Waals surface area contributed by atoms with Crippen LogP contribution in [0.15, 0.2) is 55.6 Å². The third-order valence-corrected chi connectivity index (χ3v) is 12.4. The van der Waals surface area contributed by atoms with Gasteiger partial charge in [-0.15, -0.1) is 13.2 Å². The van der Waals surface area contributed by atoms with Crippen LogP contribution < -0.4 is 0 Å². The number of aliphatic hydroxyl groups excluding tert-OH is 1. The van der Waals surface area contributed by atoms with E-state index in [2.05, 4.69) is 29.1 Å². The summed E-state index contributed by atoms with van der Waals surface area (Å²) in [5.41, 5.74) is -0.579. The van der Waals surface area contributed by atoms with Crippen molar-refractivity contribution >= 4 is 39.6 Å². The summed E-state index contributed by atoms with van der Waals surface area (Å²) in [4.78, 5) is 62.1. The fourth-order valence-corrected chi connectivity index (χ4v) is 9.77. The fraction of sp³-hybridized carbons (Fsp3) is 0.641. The molecule has 3 heterocycles. The largest absolute Gasteiger partial charge is 0.455 e. The van der Waals surface area contributed by atoms with Crippen molar-refractivity contribution in [1.29, 1.82) is 0 Å². The lowest BCUT2D eigenvalue weighted by Gasteiger charge is -2.43. The second-order valence-corrected chi connectivity index (χ2v) is 16.0. The van der Waals surface area contributed by atoms with Crippen molar-refractivity contribution in [3.8, 4) is 0 Å². The number of likely N-dealkylation sites (tertiary alicyclic amines) is 1. The Labute approximate surface area is 305 Å².